The van der Waals surface area contributed by atoms with E-state index in [0.717, 1.165) is 13.1 Å². The lowest BCUT2D eigenvalue weighted by atomic mass is 9.77. The minimum Gasteiger partial charge on any atom is -0.315 e. The minimum atomic E-state index is -0.207. The summed E-state index contributed by atoms with van der Waals surface area (Å²) in [5.74, 6) is 0.586. The second-order valence-electron chi connectivity index (χ2n) is 3.52. The number of hydrogen-bond donors (Lipinski definition) is 1. The van der Waals surface area contributed by atoms with Gasteiger partial charge in [0.2, 0.25) is 0 Å². The molecule has 0 radical (unpaired) electrons. The fourth-order valence-electron chi connectivity index (χ4n) is 1.51. The van der Waals surface area contributed by atoms with Gasteiger partial charge in [0.15, 0.2) is 5.78 Å². The predicted molar refractivity (Wildman–Crippen MR) is 45.3 cm³/mol. The van der Waals surface area contributed by atoms with Gasteiger partial charge in [0.25, 0.3) is 0 Å². The Morgan fingerprint density at radius 3 is 2.82 bits per heavy atom. The van der Waals surface area contributed by atoms with Gasteiger partial charge < -0.3 is 5.32 Å². The molecule has 11 heavy (non-hydrogen) atoms. The van der Waals surface area contributed by atoms with Crippen molar-refractivity contribution in [3.05, 3.63) is 12.7 Å². The highest BCUT2D eigenvalue weighted by atomic mass is 16.1. The Labute approximate surface area is 67.7 Å². The van der Waals surface area contributed by atoms with Crippen LogP contribution in [-0.2, 0) is 4.79 Å². The molecule has 0 aliphatic carbocycles. The molecule has 62 valence electrons. The standard InChI is InChI=1S/C9H15NO/c1-4-8(11)9(3)6-10-5-7(9)2/h4,7,10H,1,5-6H2,2-3H3. The molecule has 1 aliphatic heterocycles. The van der Waals surface area contributed by atoms with Gasteiger partial charge in [-0.3, -0.25) is 4.79 Å². The van der Waals surface area contributed by atoms with Crippen molar-refractivity contribution in [1.82, 2.24) is 5.32 Å². The number of hydrogen-bond acceptors (Lipinski definition) is 2. The Bertz CT molecular complexity index is 188. The molecule has 0 bridgehead atoms. The molecule has 2 atom stereocenters. The molecule has 1 aliphatic rings. The molecular formula is C9H15NO. The van der Waals surface area contributed by atoms with Crippen LogP contribution in [0.15, 0.2) is 12.7 Å². The summed E-state index contributed by atoms with van der Waals surface area (Å²) >= 11 is 0. The van der Waals surface area contributed by atoms with Crippen molar-refractivity contribution in [3.63, 3.8) is 0 Å². The van der Waals surface area contributed by atoms with Crippen LogP contribution >= 0.6 is 0 Å². The molecule has 1 saturated heterocycles. The zero-order valence-corrected chi connectivity index (χ0v) is 7.18. The Hall–Kier alpha value is -0.630. The van der Waals surface area contributed by atoms with Crippen molar-refractivity contribution in [3.8, 4) is 0 Å². The molecule has 1 rings (SSSR count). The normalized spacial score (nSPS) is 37.1. The second-order valence-corrected chi connectivity index (χ2v) is 3.52. The fourth-order valence-corrected chi connectivity index (χ4v) is 1.51. The SMILES string of the molecule is C=CC(=O)C1(C)CNCC1C. The number of nitrogens with one attached hydrogen (secondary N) is 1. The maximum Gasteiger partial charge on any atom is 0.162 e. The van der Waals surface area contributed by atoms with Gasteiger partial charge in [-0.05, 0) is 18.5 Å². The number of ketones is 1. The van der Waals surface area contributed by atoms with Gasteiger partial charge in [0.05, 0.1) is 0 Å². The van der Waals surface area contributed by atoms with Crippen LogP contribution in [0, 0.1) is 11.3 Å². The second kappa shape index (κ2) is 2.78. The lowest BCUT2D eigenvalue weighted by Crippen LogP contribution is -2.33. The quantitative estimate of drug-likeness (QED) is 0.599. The van der Waals surface area contributed by atoms with Gasteiger partial charge >= 0.3 is 0 Å². The molecule has 2 heteroatoms. The maximum absolute atomic E-state index is 11.4. The van der Waals surface area contributed by atoms with Crippen molar-refractivity contribution in [2.24, 2.45) is 11.3 Å². The zero-order chi connectivity index (χ0) is 8.48. The molecule has 0 aromatic rings. The first-order valence-corrected chi connectivity index (χ1v) is 3.99. The Kier molecular flexibility index (Phi) is 2.14. The highest BCUT2D eigenvalue weighted by Gasteiger charge is 2.40. The minimum absolute atomic E-state index is 0.162. The highest BCUT2D eigenvalue weighted by Crippen LogP contribution is 2.31. The lowest BCUT2D eigenvalue weighted by molar-refractivity contribution is -0.123. The fraction of sp³-hybridized carbons (Fsp3) is 0.667. The summed E-state index contributed by atoms with van der Waals surface area (Å²) in [4.78, 5) is 11.4. The topological polar surface area (TPSA) is 29.1 Å². The molecule has 1 N–H and O–H groups in total. The Morgan fingerprint density at radius 2 is 2.45 bits per heavy atom. The van der Waals surface area contributed by atoms with Gasteiger partial charge in [-0.1, -0.05) is 20.4 Å². The van der Waals surface area contributed by atoms with Crippen molar-refractivity contribution in [2.75, 3.05) is 13.1 Å². The molecule has 2 nitrogen and oxygen atoms in total. The largest absolute Gasteiger partial charge is 0.315 e. The van der Waals surface area contributed by atoms with E-state index in [0.29, 0.717) is 5.92 Å². The summed E-state index contributed by atoms with van der Waals surface area (Å²) in [5.41, 5.74) is -0.207. The van der Waals surface area contributed by atoms with Gasteiger partial charge in [-0.25, -0.2) is 0 Å². The van der Waals surface area contributed by atoms with E-state index in [-0.39, 0.29) is 11.2 Å². The first-order valence-electron chi connectivity index (χ1n) is 3.99. The Balaban J connectivity index is 2.80. The third-order valence-corrected chi connectivity index (χ3v) is 2.78. The zero-order valence-electron chi connectivity index (χ0n) is 7.18. The first-order chi connectivity index (χ1) is 5.11. The van der Waals surface area contributed by atoms with Gasteiger partial charge in [-0.15, -0.1) is 0 Å². The van der Waals surface area contributed by atoms with Crippen LogP contribution in [0.3, 0.4) is 0 Å². The molecule has 1 heterocycles. The van der Waals surface area contributed by atoms with E-state index in [4.69, 9.17) is 0 Å². The van der Waals surface area contributed by atoms with Crippen LogP contribution in [-0.4, -0.2) is 18.9 Å². The average molecular weight is 153 g/mol. The lowest BCUT2D eigenvalue weighted by Gasteiger charge is -2.24. The van der Waals surface area contributed by atoms with E-state index in [9.17, 15) is 4.79 Å². The maximum atomic E-state index is 11.4. The summed E-state index contributed by atoms with van der Waals surface area (Å²) < 4.78 is 0. The number of rotatable bonds is 2. The van der Waals surface area contributed by atoms with E-state index in [1.54, 1.807) is 0 Å². The summed E-state index contributed by atoms with van der Waals surface area (Å²) in [5, 5.41) is 3.21. The van der Waals surface area contributed by atoms with Gasteiger partial charge in [-0.2, -0.15) is 0 Å². The van der Waals surface area contributed by atoms with Crippen molar-refractivity contribution < 1.29 is 4.79 Å². The summed E-state index contributed by atoms with van der Waals surface area (Å²) in [7, 11) is 0. The van der Waals surface area contributed by atoms with Crippen LogP contribution in [0.1, 0.15) is 13.8 Å². The van der Waals surface area contributed by atoms with Crippen molar-refractivity contribution in [1.29, 1.82) is 0 Å². The first kappa shape index (κ1) is 8.47. The molecule has 2 unspecified atom stereocenters. The van der Waals surface area contributed by atoms with E-state index in [1.165, 1.54) is 6.08 Å². The van der Waals surface area contributed by atoms with Crippen LogP contribution in [0.5, 0.6) is 0 Å². The van der Waals surface area contributed by atoms with Gasteiger partial charge in [0.1, 0.15) is 0 Å². The molecule has 0 spiro atoms. The monoisotopic (exact) mass is 153 g/mol. The van der Waals surface area contributed by atoms with Crippen molar-refractivity contribution >= 4 is 5.78 Å². The van der Waals surface area contributed by atoms with Crippen LogP contribution in [0.4, 0.5) is 0 Å². The van der Waals surface area contributed by atoms with Crippen LogP contribution in [0.25, 0.3) is 0 Å². The van der Waals surface area contributed by atoms with E-state index >= 15 is 0 Å². The number of allylic oxidation sites excluding steroid dienone is 1. The highest BCUT2D eigenvalue weighted by molar-refractivity contribution is 5.94. The summed E-state index contributed by atoms with van der Waals surface area (Å²) in [6.45, 7) is 9.34. The molecule has 0 saturated carbocycles. The summed E-state index contributed by atoms with van der Waals surface area (Å²) in [6.07, 6.45) is 1.43. The molecule has 0 aromatic carbocycles. The molecule has 0 amide bonds. The van der Waals surface area contributed by atoms with E-state index in [2.05, 4.69) is 18.8 Å². The Morgan fingerprint density at radius 1 is 1.82 bits per heavy atom. The smallest absolute Gasteiger partial charge is 0.162 e. The predicted octanol–water partition coefficient (Wildman–Crippen LogP) is 0.987. The molecule has 0 aromatic heterocycles. The van der Waals surface area contributed by atoms with Crippen molar-refractivity contribution in [2.45, 2.75) is 13.8 Å². The van der Waals surface area contributed by atoms with E-state index in [1.807, 2.05) is 6.92 Å². The average Bonchev–Trinajstić information content (AvgIpc) is 2.32. The third kappa shape index (κ3) is 1.23. The van der Waals surface area contributed by atoms with Crippen LogP contribution in [0.2, 0.25) is 0 Å². The summed E-state index contributed by atoms with van der Waals surface area (Å²) in [6, 6.07) is 0. The number of carbonyl (C=O) groups is 1. The molecule has 1 fully saturated rings. The molecular weight excluding hydrogens is 138 g/mol. The van der Waals surface area contributed by atoms with E-state index < -0.39 is 0 Å². The number of carbonyl (C=O) groups excluding carboxylic acids is 1. The van der Waals surface area contributed by atoms with Crippen LogP contribution < -0.4 is 5.32 Å². The van der Waals surface area contributed by atoms with Gasteiger partial charge in [0, 0.05) is 12.0 Å². The third-order valence-electron chi connectivity index (χ3n) is 2.78.